The van der Waals surface area contributed by atoms with Gasteiger partial charge in [-0.15, -0.1) is 0 Å². The van der Waals surface area contributed by atoms with Crippen molar-refractivity contribution in [2.45, 2.75) is 20.0 Å². The zero-order valence-electron chi connectivity index (χ0n) is 18.0. The van der Waals surface area contributed by atoms with Crippen LogP contribution in [0.15, 0.2) is 53.5 Å². The molecule has 31 heavy (non-hydrogen) atoms. The second-order valence-corrected chi connectivity index (χ2v) is 8.09. The van der Waals surface area contributed by atoms with Gasteiger partial charge in [0.1, 0.15) is 11.4 Å². The fraction of sp³-hybridized carbons (Fsp3) is 0.333. The van der Waals surface area contributed by atoms with E-state index in [1.807, 2.05) is 46.7 Å². The number of amides is 1. The molecule has 2 heterocycles. The number of nitrogens with one attached hydrogen (secondary N) is 2. The number of aromatic nitrogens is 1. The van der Waals surface area contributed by atoms with Gasteiger partial charge in [0.05, 0.1) is 44.4 Å². The standard InChI is InChI=1S/C24H27FN4O2/c1-3-28-16-19(24(31)26-15-17-7-5-4-6-8-17)23(30)18-13-20(25)22(14-21(18)28)29-11-9-27(2)10-12-29/h4-8,13-14,16H,3,9-12,15H2,1-2H3,(H,26,31)/p+1. The van der Waals surface area contributed by atoms with Crippen LogP contribution in [-0.4, -0.2) is 43.7 Å². The third-order valence-electron chi connectivity index (χ3n) is 5.99. The number of rotatable bonds is 5. The molecule has 0 unspecified atom stereocenters. The van der Waals surface area contributed by atoms with Crippen LogP contribution in [0.4, 0.5) is 10.1 Å². The number of fused-ring (bicyclic) bond motifs is 1. The van der Waals surface area contributed by atoms with Gasteiger partial charge in [-0.3, -0.25) is 9.59 Å². The van der Waals surface area contributed by atoms with Gasteiger partial charge in [0.2, 0.25) is 5.43 Å². The second-order valence-electron chi connectivity index (χ2n) is 8.09. The fourth-order valence-electron chi connectivity index (χ4n) is 4.07. The number of benzene rings is 2. The molecular formula is C24H28FN4O2+. The molecule has 0 bridgehead atoms. The first kappa shape index (κ1) is 21.1. The Kier molecular flexibility index (Phi) is 6.04. The van der Waals surface area contributed by atoms with Crippen molar-refractivity contribution in [3.63, 3.8) is 0 Å². The molecule has 1 saturated heterocycles. The van der Waals surface area contributed by atoms with Gasteiger partial charge >= 0.3 is 0 Å². The maximum Gasteiger partial charge on any atom is 0.257 e. The molecular weight excluding hydrogens is 395 g/mol. The minimum absolute atomic E-state index is 0.0284. The molecule has 3 aromatic rings. The smallest absolute Gasteiger partial charge is 0.257 e. The van der Waals surface area contributed by atoms with Crippen LogP contribution in [0.1, 0.15) is 22.8 Å². The third-order valence-corrected chi connectivity index (χ3v) is 5.99. The molecule has 1 aromatic heterocycles. The van der Waals surface area contributed by atoms with Crippen molar-refractivity contribution in [3.05, 3.63) is 75.8 Å². The highest BCUT2D eigenvalue weighted by Crippen LogP contribution is 2.25. The van der Waals surface area contributed by atoms with Gasteiger partial charge in [-0.1, -0.05) is 30.3 Å². The van der Waals surface area contributed by atoms with Gasteiger partial charge in [0.25, 0.3) is 5.91 Å². The fourth-order valence-corrected chi connectivity index (χ4v) is 4.07. The topological polar surface area (TPSA) is 58.8 Å². The Morgan fingerprint density at radius 1 is 1.16 bits per heavy atom. The monoisotopic (exact) mass is 423 g/mol. The minimum atomic E-state index is -0.454. The summed E-state index contributed by atoms with van der Waals surface area (Å²) in [5.41, 5.74) is 1.69. The van der Waals surface area contributed by atoms with Crippen molar-refractivity contribution in [1.29, 1.82) is 0 Å². The summed E-state index contributed by atoms with van der Waals surface area (Å²) in [6.45, 7) is 6.25. The second kappa shape index (κ2) is 8.89. The Bertz CT molecular complexity index is 1150. The minimum Gasteiger partial charge on any atom is -0.358 e. The Morgan fingerprint density at radius 2 is 1.87 bits per heavy atom. The summed E-state index contributed by atoms with van der Waals surface area (Å²) in [6.07, 6.45) is 1.58. The van der Waals surface area contributed by atoms with Crippen LogP contribution in [0.5, 0.6) is 0 Å². The molecule has 7 heteroatoms. The quantitative estimate of drug-likeness (QED) is 0.653. The van der Waals surface area contributed by atoms with Gasteiger partial charge in [0.15, 0.2) is 0 Å². The molecule has 4 rings (SSSR count). The zero-order chi connectivity index (χ0) is 22.0. The van der Waals surface area contributed by atoms with Crippen molar-refractivity contribution in [2.75, 3.05) is 38.1 Å². The first-order chi connectivity index (χ1) is 15.0. The summed E-state index contributed by atoms with van der Waals surface area (Å²) >= 11 is 0. The Hall–Kier alpha value is -3.19. The van der Waals surface area contributed by atoms with Gasteiger partial charge in [-0.25, -0.2) is 4.39 Å². The summed E-state index contributed by atoms with van der Waals surface area (Å²) in [4.78, 5) is 29.3. The van der Waals surface area contributed by atoms with Crippen molar-refractivity contribution >= 4 is 22.5 Å². The average Bonchev–Trinajstić information content (AvgIpc) is 2.79. The van der Waals surface area contributed by atoms with Crippen LogP contribution in [-0.2, 0) is 13.1 Å². The molecule has 0 saturated carbocycles. The Morgan fingerprint density at radius 3 is 2.55 bits per heavy atom. The van der Waals surface area contributed by atoms with E-state index in [9.17, 15) is 9.59 Å². The first-order valence-corrected chi connectivity index (χ1v) is 10.7. The molecule has 2 N–H and O–H groups in total. The van der Waals surface area contributed by atoms with E-state index < -0.39 is 17.2 Å². The molecule has 6 nitrogen and oxygen atoms in total. The van der Waals surface area contributed by atoms with Gasteiger partial charge in [0, 0.05) is 24.7 Å². The van der Waals surface area contributed by atoms with E-state index in [2.05, 4.69) is 12.4 Å². The van der Waals surface area contributed by atoms with E-state index in [0.717, 1.165) is 31.7 Å². The third kappa shape index (κ3) is 4.32. The molecule has 0 aliphatic carbocycles. The highest BCUT2D eigenvalue weighted by atomic mass is 19.1. The summed E-state index contributed by atoms with van der Waals surface area (Å²) in [6, 6.07) is 12.5. The van der Waals surface area contributed by atoms with Gasteiger partial charge in [-0.2, -0.15) is 0 Å². The van der Waals surface area contributed by atoms with E-state index in [1.165, 1.54) is 11.0 Å². The van der Waals surface area contributed by atoms with E-state index in [4.69, 9.17) is 0 Å². The number of likely N-dealkylation sites (N-methyl/N-ethyl adjacent to an activating group) is 1. The molecule has 162 valence electrons. The van der Waals surface area contributed by atoms with Crippen molar-refractivity contribution in [1.82, 2.24) is 9.88 Å². The molecule has 1 aliphatic rings. The molecule has 0 atom stereocenters. The number of hydrogen-bond acceptors (Lipinski definition) is 3. The Labute approximate surface area is 180 Å². The summed E-state index contributed by atoms with van der Waals surface area (Å²) in [7, 11) is 2.13. The van der Waals surface area contributed by atoms with E-state index >= 15 is 4.39 Å². The lowest BCUT2D eigenvalue weighted by Gasteiger charge is -2.32. The molecule has 0 radical (unpaired) electrons. The number of halogens is 1. The Balaban J connectivity index is 1.69. The summed E-state index contributed by atoms with van der Waals surface area (Å²) in [5.74, 6) is -0.877. The van der Waals surface area contributed by atoms with Crippen LogP contribution >= 0.6 is 0 Å². The van der Waals surface area contributed by atoms with Crippen molar-refractivity contribution in [3.8, 4) is 0 Å². The highest BCUT2D eigenvalue weighted by Gasteiger charge is 2.22. The van der Waals surface area contributed by atoms with Crippen molar-refractivity contribution < 1.29 is 14.1 Å². The zero-order valence-corrected chi connectivity index (χ0v) is 18.0. The van der Waals surface area contributed by atoms with Crippen LogP contribution in [0.2, 0.25) is 0 Å². The normalized spacial score (nSPS) is 14.7. The van der Waals surface area contributed by atoms with Gasteiger partial charge in [-0.05, 0) is 24.6 Å². The summed E-state index contributed by atoms with van der Waals surface area (Å²) in [5, 5.41) is 3.03. The number of piperazine rings is 1. The highest BCUT2D eigenvalue weighted by molar-refractivity contribution is 5.97. The van der Waals surface area contributed by atoms with E-state index in [1.54, 1.807) is 12.3 Å². The van der Waals surface area contributed by atoms with Crippen LogP contribution in [0, 0.1) is 5.82 Å². The molecule has 1 fully saturated rings. The van der Waals surface area contributed by atoms with Crippen LogP contribution in [0.25, 0.3) is 10.9 Å². The van der Waals surface area contributed by atoms with Crippen LogP contribution < -0.4 is 20.5 Å². The summed E-state index contributed by atoms with van der Waals surface area (Å²) < 4.78 is 16.9. The number of anilines is 1. The number of pyridine rings is 1. The molecule has 1 amide bonds. The number of hydrogen-bond donors (Lipinski definition) is 2. The predicted molar refractivity (Wildman–Crippen MR) is 120 cm³/mol. The number of quaternary nitrogens is 1. The maximum atomic E-state index is 15.0. The van der Waals surface area contributed by atoms with Crippen molar-refractivity contribution in [2.24, 2.45) is 0 Å². The predicted octanol–water partition coefficient (Wildman–Crippen LogP) is 1.43. The lowest BCUT2D eigenvalue weighted by atomic mass is 10.1. The SMILES string of the molecule is CCn1cc(C(=O)NCc2ccccc2)c(=O)c2cc(F)c(N3CC[NH+](C)CC3)cc21. The maximum absolute atomic E-state index is 15.0. The number of nitrogens with zero attached hydrogens (tertiary/aromatic N) is 2. The number of aryl methyl sites for hydroxylation is 1. The average molecular weight is 424 g/mol. The lowest BCUT2D eigenvalue weighted by molar-refractivity contribution is -0.880. The van der Waals surface area contributed by atoms with Crippen LogP contribution in [0.3, 0.4) is 0 Å². The number of carbonyl (C=O) groups is 1. The van der Waals surface area contributed by atoms with E-state index in [-0.39, 0.29) is 10.9 Å². The molecule has 2 aromatic carbocycles. The lowest BCUT2D eigenvalue weighted by Crippen LogP contribution is -3.12. The molecule has 1 aliphatic heterocycles. The first-order valence-electron chi connectivity index (χ1n) is 10.7. The van der Waals surface area contributed by atoms with E-state index in [0.29, 0.717) is 24.3 Å². The molecule has 0 spiro atoms. The largest absolute Gasteiger partial charge is 0.358 e. The number of carbonyl (C=O) groups excluding carboxylic acids is 1. The van der Waals surface area contributed by atoms with Gasteiger partial charge < -0.3 is 19.7 Å².